The first-order chi connectivity index (χ1) is 11.7. The monoisotopic (exact) mass is 381 g/mol. The molecule has 0 radical (unpaired) electrons. The first kappa shape index (κ1) is 21.2. The molecular weight excluding hydrogens is 363 g/mol. The van der Waals surface area contributed by atoms with Crippen molar-refractivity contribution >= 4 is 23.5 Å². The normalized spacial score (nSPS) is 13.9. The van der Waals surface area contributed by atoms with Crippen LogP contribution in [0.25, 0.3) is 0 Å². The molecule has 0 aliphatic rings. The Kier molecular flexibility index (Phi) is 7.69. The van der Waals surface area contributed by atoms with Gasteiger partial charge in [-0.3, -0.25) is 4.79 Å². The largest absolute Gasteiger partial charge is 0.467 e. The molecule has 0 saturated heterocycles. The van der Waals surface area contributed by atoms with Crippen LogP contribution in [0.1, 0.15) is 24.1 Å². The van der Waals surface area contributed by atoms with Crippen LogP contribution in [0.5, 0.6) is 0 Å². The van der Waals surface area contributed by atoms with Gasteiger partial charge in [-0.05, 0) is 24.6 Å². The molecule has 0 bridgehead atoms. The van der Waals surface area contributed by atoms with Gasteiger partial charge in [-0.25, -0.2) is 4.79 Å². The number of carbonyl (C=O) groups excluding carboxylic acids is 2. The molecule has 1 rings (SSSR count). The van der Waals surface area contributed by atoms with Crippen LogP contribution < -0.4 is 0 Å². The van der Waals surface area contributed by atoms with E-state index in [9.17, 15) is 22.8 Å². The second-order valence-electron chi connectivity index (χ2n) is 5.22. The van der Waals surface area contributed by atoms with E-state index in [4.69, 9.17) is 16.3 Å². The number of nitrogens with zero attached hydrogens (tertiary/aromatic N) is 1. The number of hydrogen-bond acceptors (Lipinski definition) is 4. The molecule has 0 unspecified atom stereocenters. The third-order valence-corrected chi connectivity index (χ3v) is 3.87. The van der Waals surface area contributed by atoms with Crippen molar-refractivity contribution in [2.75, 3.05) is 26.7 Å². The van der Waals surface area contributed by atoms with Crippen LogP contribution in [0.15, 0.2) is 24.3 Å². The SMILES string of the molecule is COC[C@@H](c1ccc(C(F)(F)F)cc1)N(C(=O)CCl)[C@@H](C)C(=O)OC. The third kappa shape index (κ3) is 5.34. The van der Waals surface area contributed by atoms with Gasteiger partial charge in [0.15, 0.2) is 0 Å². The standard InChI is InChI=1S/C16H19ClF3NO4/c1-10(15(23)25-3)21(14(22)8-17)13(9-24-2)11-4-6-12(7-5-11)16(18,19)20/h4-7,10,13H,8-9H2,1-3H3/t10-,13-/m0/s1. The molecule has 140 valence electrons. The number of halogens is 4. The highest BCUT2D eigenvalue weighted by atomic mass is 35.5. The van der Waals surface area contributed by atoms with Gasteiger partial charge in [0.05, 0.1) is 25.3 Å². The van der Waals surface area contributed by atoms with Gasteiger partial charge in [-0.1, -0.05) is 12.1 Å². The number of carbonyl (C=O) groups is 2. The quantitative estimate of drug-likeness (QED) is 0.538. The molecule has 2 atom stereocenters. The molecule has 1 aromatic carbocycles. The van der Waals surface area contributed by atoms with E-state index >= 15 is 0 Å². The van der Waals surface area contributed by atoms with Gasteiger partial charge in [0, 0.05) is 7.11 Å². The Balaban J connectivity index is 3.28. The smallest absolute Gasteiger partial charge is 0.416 e. The summed E-state index contributed by atoms with van der Waals surface area (Å²) in [6.07, 6.45) is -4.47. The van der Waals surface area contributed by atoms with Crippen molar-refractivity contribution in [3.63, 3.8) is 0 Å². The predicted molar refractivity (Wildman–Crippen MR) is 85.1 cm³/mol. The molecular formula is C16H19ClF3NO4. The Morgan fingerprint density at radius 3 is 2.16 bits per heavy atom. The zero-order valence-electron chi connectivity index (χ0n) is 14.0. The Morgan fingerprint density at radius 1 is 1.20 bits per heavy atom. The van der Waals surface area contributed by atoms with Crippen molar-refractivity contribution in [3.05, 3.63) is 35.4 Å². The van der Waals surface area contributed by atoms with Crippen LogP contribution in [0.3, 0.4) is 0 Å². The number of hydrogen-bond donors (Lipinski definition) is 0. The summed E-state index contributed by atoms with van der Waals surface area (Å²) in [5.41, 5.74) is -0.437. The fourth-order valence-electron chi connectivity index (χ4n) is 2.40. The molecule has 1 amide bonds. The molecule has 0 saturated carbocycles. The van der Waals surface area contributed by atoms with Crippen LogP contribution in [0, 0.1) is 0 Å². The summed E-state index contributed by atoms with van der Waals surface area (Å²) in [6.45, 7) is 1.42. The number of amides is 1. The fraction of sp³-hybridized carbons (Fsp3) is 0.500. The van der Waals surface area contributed by atoms with Crippen LogP contribution in [0.2, 0.25) is 0 Å². The molecule has 9 heteroatoms. The average molecular weight is 382 g/mol. The maximum absolute atomic E-state index is 12.7. The lowest BCUT2D eigenvalue weighted by atomic mass is 10.0. The second-order valence-corrected chi connectivity index (χ2v) is 5.49. The van der Waals surface area contributed by atoms with E-state index in [-0.39, 0.29) is 6.61 Å². The summed E-state index contributed by atoms with van der Waals surface area (Å²) < 4.78 is 47.9. The first-order valence-electron chi connectivity index (χ1n) is 7.28. The summed E-state index contributed by atoms with van der Waals surface area (Å²) in [5.74, 6) is -1.64. The van der Waals surface area contributed by atoms with Crippen molar-refractivity contribution in [1.82, 2.24) is 4.90 Å². The molecule has 0 heterocycles. The van der Waals surface area contributed by atoms with E-state index < -0.39 is 41.6 Å². The topological polar surface area (TPSA) is 55.8 Å². The summed E-state index contributed by atoms with van der Waals surface area (Å²) in [4.78, 5) is 25.2. The third-order valence-electron chi connectivity index (χ3n) is 3.64. The lowest BCUT2D eigenvalue weighted by Gasteiger charge is -2.35. The average Bonchev–Trinajstić information content (AvgIpc) is 2.59. The minimum absolute atomic E-state index is 0.0324. The van der Waals surface area contributed by atoms with Gasteiger partial charge in [0.2, 0.25) is 5.91 Å². The number of ether oxygens (including phenoxy) is 2. The van der Waals surface area contributed by atoms with Crippen molar-refractivity contribution in [2.45, 2.75) is 25.2 Å². The summed E-state index contributed by atoms with van der Waals surface area (Å²) in [7, 11) is 2.55. The van der Waals surface area contributed by atoms with Gasteiger partial charge in [-0.15, -0.1) is 11.6 Å². The Morgan fingerprint density at radius 2 is 1.76 bits per heavy atom. The van der Waals surface area contributed by atoms with Gasteiger partial charge in [0.25, 0.3) is 0 Å². The Hall–Kier alpha value is -1.80. The van der Waals surface area contributed by atoms with E-state index in [0.717, 1.165) is 17.0 Å². The molecule has 0 aliphatic heterocycles. The zero-order chi connectivity index (χ0) is 19.2. The second kappa shape index (κ2) is 9.05. The van der Waals surface area contributed by atoms with Crippen molar-refractivity contribution < 1.29 is 32.2 Å². The number of benzene rings is 1. The van der Waals surface area contributed by atoms with Crippen molar-refractivity contribution in [2.24, 2.45) is 0 Å². The minimum atomic E-state index is -4.47. The summed E-state index contributed by atoms with van der Waals surface area (Å²) >= 11 is 5.62. The number of esters is 1. The molecule has 0 N–H and O–H groups in total. The molecule has 25 heavy (non-hydrogen) atoms. The maximum Gasteiger partial charge on any atom is 0.416 e. The molecule has 1 aromatic rings. The van der Waals surface area contributed by atoms with Crippen molar-refractivity contribution in [3.8, 4) is 0 Å². The fourth-order valence-corrected chi connectivity index (χ4v) is 2.54. The highest BCUT2D eigenvalue weighted by molar-refractivity contribution is 6.27. The molecule has 5 nitrogen and oxygen atoms in total. The summed E-state index contributed by atoms with van der Waals surface area (Å²) in [6, 6.07) is 2.51. The van der Waals surface area contributed by atoms with Gasteiger partial charge in [-0.2, -0.15) is 13.2 Å². The molecule has 0 aromatic heterocycles. The van der Waals surface area contributed by atoms with Gasteiger partial charge < -0.3 is 14.4 Å². The van der Waals surface area contributed by atoms with E-state index in [0.29, 0.717) is 5.56 Å². The molecule has 0 spiro atoms. The number of methoxy groups -OCH3 is 2. The molecule has 0 aliphatic carbocycles. The Bertz CT molecular complexity index is 592. The van der Waals surface area contributed by atoms with E-state index in [1.807, 2.05) is 0 Å². The van der Waals surface area contributed by atoms with E-state index in [1.165, 1.54) is 33.3 Å². The van der Waals surface area contributed by atoms with E-state index in [2.05, 4.69) is 4.74 Å². The number of rotatable bonds is 7. The van der Waals surface area contributed by atoms with Crippen LogP contribution in [-0.2, 0) is 25.2 Å². The predicted octanol–water partition coefficient (Wildman–Crippen LogP) is 3.02. The Labute approximate surface area is 148 Å². The first-order valence-corrected chi connectivity index (χ1v) is 7.81. The van der Waals surface area contributed by atoms with Gasteiger partial charge >= 0.3 is 12.1 Å². The summed E-state index contributed by atoms with van der Waals surface area (Å²) in [5, 5.41) is 0. The van der Waals surface area contributed by atoms with Crippen LogP contribution in [0.4, 0.5) is 13.2 Å². The lowest BCUT2D eigenvalue weighted by molar-refractivity contribution is -0.154. The highest BCUT2D eigenvalue weighted by Gasteiger charge is 2.35. The van der Waals surface area contributed by atoms with Gasteiger partial charge in [0.1, 0.15) is 11.9 Å². The molecule has 0 fully saturated rings. The lowest BCUT2D eigenvalue weighted by Crippen LogP contribution is -2.47. The van der Waals surface area contributed by atoms with Crippen LogP contribution in [-0.4, -0.2) is 49.5 Å². The maximum atomic E-state index is 12.7. The highest BCUT2D eigenvalue weighted by Crippen LogP contribution is 2.31. The number of alkyl halides is 4. The van der Waals surface area contributed by atoms with Crippen molar-refractivity contribution in [1.29, 1.82) is 0 Å². The minimum Gasteiger partial charge on any atom is -0.467 e. The zero-order valence-corrected chi connectivity index (χ0v) is 14.7. The van der Waals surface area contributed by atoms with Crippen LogP contribution >= 0.6 is 11.6 Å². The van der Waals surface area contributed by atoms with E-state index in [1.54, 1.807) is 0 Å².